The van der Waals surface area contributed by atoms with Crippen LogP contribution in [0.25, 0.3) is 0 Å². The van der Waals surface area contributed by atoms with Gasteiger partial charge in [-0.25, -0.2) is 0 Å². The summed E-state index contributed by atoms with van der Waals surface area (Å²) in [4.78, 5) is 2.38. The van der Waals surface area contributed by atoms with Gasteiger partial charge in [0, 0.05) is 29.5 Å². The maximum absolute atomic E-state index is 10.7. The normalized spacial score (nSPS) is 21.4. The first kappa shape index (κ1) is 16.0. The number of ether oxygens (including phenoxy) is 1. The van der Waals surface area contributed by atoms with Gasteiger partial charge in [-0.1, -0.05) is 35.0 Å². The zero-order valence-corrected chi connectivity index (χ0v) is 13.9. The molecule has 0 aromatic heterocycles. The van der Waals surface area contributed by atoms with Crippen LogP contribution in [0.5, 0.6) is 0 Å². The summed E-state index contributed by atoms with van der Waals surface area (Å²) in [6, 6.07) is 8.20. The van der Waals surface area contributed by atoms with Crippen LogP contribution in [-0.2, 0) is 11.2 Å². The number of nitrogens with zero attached hydrogens (tertiary/aromatic N) is 1. The quantitative estimate of drug-likeness (QED) is 0.893. The Morgan fingerprint density at radius 2 is 1.90 bits per heavy atom. The Labute approximate surface area is 130 Å². The highest BCUT2D eigenvalue weighted by molar-refractivity contribution is 9.10. The number of benzene rings is 1. The average molecular weight is 342 g/mol. The van der Waals surface area contributed by atoms with Crippen LogP contribution in [-0.4, -0.2) is 48.0 Å². The third kappa shape index (κ3) is 3.61. The first-order valence-electron chi connectivity index (χ1n) is 7.31. The predicted octanol–water partition coefficient (Wildman–Crippen LogP) is 2.85. The highest BCUT2D eigenvalue weighted by Gasteiger charge is 2.37. The molecule has 1 aliphatic heterocycles. The molecular formula is C16H24BrNO2. The molecule has 20 heavy (non-hydrogen) atoms. The van der Waals surface area contributed by atoms with Crippen LogP contribution in [0.2, 0.25) is 0 Å². The molecule has 0 bridgehead atoms. The predicted molar refractivity (Wildman–Crippen MR) is 84.9 cm³/mol. The van der Waals surface area contributed by atoms with Gasteiger partial charge >= 0.3 is 0 Å². The first-order valence-corrected chi connectivity index (χ1v) is 8.11. The van der Waals surface area contributed by atoms with E-state index in [4.69, 9.17) is 4.74 Å². The third-order valence-corrected chi connectivity index (χ3v) is 5.04. The zero-order chi connectivity index (χ0) is 14.6. The molecule has 0 aliphatic carbocycles. The van der Waals surface area contributed by atoms with Gasteiger partial charge in [0.2, 0.25) is 0 Å². The number of rotatable bonds is 5. The summed E-state index contributed by atoms with van der Waals surface area (Å²) in [7, 11) is 0. The van der Waals surface area contributed by atoms with E-state index >= 15 is 0 Å². The Morgan fingerprint density at radius 3 is 2.45 bits per heavy atom. The minimum absolute atomic E-state index is 0.184. The molecule has 1 aromatic rings. The van der Waals surface area contributed by atoms with E-state index in [0.717, 1.165) is 37.2 Å². The topological polar surface area (TPSA) is 32.7 Å². The van der Waals surface area contributed by atoms with Gasteiger partial charge in [-0.3, -0.25) is 4.90 Å². The number of halogens is 1. The third-order valence-electron chi connectivity index (χ3n) is 4.51. The van der Waals surface area contributed by atoms with E-state index in [9.17, 15) is 5.11 Å². The molecule has 0 radical (unpaired) electrons. The largest absolute Gasteiger partial charge is 0.391 e. The van der Waals surface area contributed by atoms with Crippen LogP contribution in [0.3, 0.4) is 0 Å². The molecule has 1 fully saturated rings. The summed E-state index contributed by atoms with van der Waals surface area (Å²) in [5.74, 6) is 0. The molecule has 1 aliphatic rings. The molecule has 1 saturated heterocycles. The molecule has 4 heteroatoms. The number of aliphatic hydroxyl groups excluding tert-OH is 1. The summed E-state index contributed by atoms with van der Waals surface area (Å²) < 4.78 is 6.49. The molecule has 1 N–H and O–H groups in total. The number of hydrogen-bond acceptors (Lipinski definition) is 3. The van der Waals surface area contributed by atoms with E-state index in [2.05, 4.69) is 46.8 Å². The van der Waals surface area contributed by atoms with Crippen molar-refractivity contribution in [3.8, 4) is 0 Å². The Morgan fingerprint density at radius 1 is 1.30 bits per heavy atom. The van der Waals surface area contributed by atoms with E-state index in [-0.39, 0.29) is 11.6 Å². The molecule has 0 spiro atoms. The molecule has 2 unspecified atom stereocenters. The Kier molecular flexibility index (Phi) is 5.61. The molecular weight excluding hydrogens is 318 g/mol. The summed E-state index contributed by atoms with van der Waals surface area (Å²) in [6.45, 7) is 7.66. The van der Waals surface area contributed by atoms with E-state index in [1.807, 2.05) is 12.1 Å². The molecule has 1 aromatic carbocycles. The standard InChI is InChI=1S/C16H24BrNO2/c1-3-16(2,18-8-10-20-11-9-18)15(19)12-13-4-6-14(17)7-5-13/h4-7,15,19H,3,8-12H2,1-2H3. The fraction of sp³-hybridized carbons (Fsp3) is 0.625. The van der Waals surface area contributed by atoms with Gasteiger partial charge in [0.15, 0.2) is 0 Å². The van der Waals surface area contributed by atoms with Crippen molar-refractivity contribution < 1.29 is 9.84 Å². The van der Waals surface area contributed by atoms with Crippen molar-refractivity contribution in [2.24, 2.45) is 0 Å². The lowest BCUT2D eigenvalue weighted by molar-refractivity contribution is -0.0714. The number of morpholine rings is 1. The highest BCUT2D eigenvalue weighted by atomic mass is 79.9. The highest BCUT2D eigenvalue weighted by Crippen LogP contribution is 2.27. The second-order valence-corrected chi connectivity index (χ2v) is 6.57. The molecule has 0 saturated carbocycles. The molecule has 2 rings (SSSR count). The van der Waals surface area contributed by atoms with Crippen LogP contribution in [0.1, 0.15) is 25.8 Å². The monoisotopic (exact) mass is 341 g/mol. The number of hydrogen-bond donors (Lipinski definition) is 1. The Hall–Kier alpha value is -0.420. The van der Waals surface area contributed by atoms with Crippen molar-refractivity contribution in [3.63, 3.8) is 0 Å². The smallest absolute Gasteiger partial charge is 0.0761 e. The van der Waals surface area contributed by atoms with Gasteiger partial charge in [0.05, 0.1) is 19.3 Å². The van der Waals surface area contributed by atoms with E-state index in [1.165, 1.54) is 5.56 Å². The lowest BCUT2D eigenvalue weighted by atomic mass is 9.85. The van der Waals surface area contributed by atoms with Crippen LogP contribution in [0.4, 0.5) is 0 Å². The fourth-order valence-corrected chi connectivity index (χ4v) is 3.07. The van der Waals surface area contributed by atoms with Crippen LogP contribution >= 0.6 is 15.9 Å². The SMILES string of the molecule is CCC(C)(C(O)Cc1ccc(Br)cc1)N1CCOCC1. The lowest BCUT2D eigenvalue weighted by Crippen LogP contribution is -2.58. The van der Waals surface area contributed by atoms with Crippen molar-refractivity contribution in [2.45, 2.75) is 38.3 Å². The first-order chi connectivity index (χ1) is 9.56. The van der Waals surface area contributed by atoms with Crippen molar-refractivity contribution >= 4 is 15.9 Å². The van der Waals surface area contributed by atoms with Gasteiger partial charge in [-0.15, -0.1) is 0 Å². The average Bonchev–Trinajstić information content (AvgIpc) is 2.49. The Bertz CT molecular complexity index is 417. The molecule has 2 atom stereocenters. The summed E-state index contributed by atoms with van der Waals surface area (Å²) in [5.41, 5.74) is 0.991. The summed E-state index contributed by atoms with van der Waals surface area (Å²) >= 11 is 3.44. The van der Waals surface area contributed by atoms with E-state index in [1.54, 1.807) is 0 Å². The van der Waals surface area contributed by atoms with Gasteiger partial charge in [-0.2, -0.15) is 0 Å². The van der Waals surface area contributed by atoms with Crippen LogP contribution in [0, 0.1) is 0 Å². The van der Waals surface area contributed by atoms with Crippen molar-refractivity contribution in [2.75, 3.05) is 26.3 Å². The second-order valence-electron chi connectivity index (χ2n) is 5.66. The number of aliphatic hydroxyl groups is 1. The summed E-state index contributed by atoms with van der Waals surface area (Å²) in [5, 5.41) is 10.7. The van der Waals surface area contributed by atoms with Crippen molar-refractivity contribution in [1.29, 1.82) is 0 Å². The minimum Gasteiger partial charge on any atom is -0.391 e. The molecule has 3 nitrogen and oxygen atoms in total. The van der Waals surface area contributed by atoms with Gasteiger partial charge in [0.25, 0.3) is 0 Å². The van der Waals surface area contributed by atoms with Crippen molar-refractivity contribution in [1.82, 2.24) is 4.90 Å². The molecule has 0 amide bonds. The van der Waals surface area contributed by atoms with Gasteiger partial charge in [0.1, 0.15) is 0 Å². The van der Waals surface area contributed by atoms with Crippen molar-refractivity contribution in [3.05, 3.63) is 34.3 Å². The van der Waals surface area contributed by atoms with Crippen LogP contribution < -0.4 is 0 Å². The molecule has 112 valence electrons. The second kappa shape index (κ2) is 7.03. The Balaban J connectivity index is 2.07. The lowest BCUT2D eigenvalue weighted by Gasteiger charge is -2.46. The van der Waals surface area contributed by atoms with E-state index in [0.29, 0.717) is 6.42 Å². The summed E-state index contributed by atoms with van der Waals surface area (Å²) in [6.07, 6.45) is 1.26. The minimum atomic E-state index is -0.369. The maximum Gasteiger partial charge on any atom is 0.0761 e. The van der Waals surface area contributed by atoms with Crippen LogP contribution in [0.15, 0.2) is 28.7 Å². The van der Waals surface area contributed by atoms with E-state index < -0.39 is 0 Å². The fourth-order valence-electron chi connectivity index (χ4n) is 2.81. The molecule has 1 heterocycles. The zero-order valence-electron chi connectivity index (χ0n) is 12.3. The van der Waals surface area contributed by atoms with Gasteiger partial charge < -0.3 is 9.84 Å². The maximum atomic E-state index is 10.7. The van der Waals surface area contributed by atoms with Gasteiger partial charge in [-0.05, 0) is 31.0 Å².